The molecule has 1 amide bonds. The summed E-state index contributed by atoms with van der Waals surface area (Å²) in [5.41, 5.74) is 4.31. The Morgan fingerprint density at radius 1 is 1.16 bits per heavy atom. The Bertz CT molecular complexity index is 773. The highest BCUT2D eigenvalue weighted by atomic mass is 16.5. The van der Waals surface area contributed by atoms with Crippen LogP contribution in [0, 0.1) is 0 Å². The number of nitrogens with zero attached hydrogens (tertiary/aromatic N) is 2. The van der Waals surface area contributed by atoms with E-state index < -0.39 is 0 Å². The average Bonchev–Trinajstić information content (AvgIpc) is 3.14. The van der Waals surface area contributed by atoms with E-state index in [9.17, 15) is 4.79 Å². The van der Waals surface area contributed by atoms with Crippen molar-refractivity contribution in [2.45, 2.75) is 44.6 Å². The summed E-state index contributed by atoms with van der Waals surface area (Å²) in [6.07, 6.45) is 8.26. The van der Waals surface area contributed by atoms with Gasteiger partial charge in [0.15, 0.2) is 0 Å². The molecule has 1 aromatic heterocycles. The zero-order chi connectivity index (χ0) is 17.2. The van der Waals surface area contributed by atoms with Crippen LogP contribution in [0.3, 0.4) is 0 Å². The van der Waals surface area contributed by atoms with E-state index >= 15 is 0 Å². The summed E-state index contributed by atoms with van der Waals surface area (Å²) in [6.45, 7) is 0.778. The number of fused-ring (bicyclic) bond motifs is 1. The fourth-order valence-corrected chi connectivity index (χ4v) is 4.15. The van der Waals surface area contributed by atoms with Crippen LogP contribution in [-0.4, -0.2) is 29.4 Å². The second kappa shape index (κ2) is 6.87. The first-order chi connectivity index (χ1) is 12.3. The zero-order valence-corrected chi connectivity index (χ0v) is 14.7. The van der Waals surface area contributed by atoms with Gasteiger partial charge < -0.3 is 9.64 Å². The van der Waals surface area contributed by atoms with Gasteiger partial charge >= 0.3 is 0 Å². The van der Waals surface area contributed by atoms with E-state index in [-0.39, 0.29) is 11.9 Å². The van der Waals surface area contributed by atoms with E-state index in [1.165, 1.54) is 11.1 Å². The Balaban J connectivity index is 1.69. The minimum absolute atomic E-state index is 0.0559. The molecule has 2 aromatic rings. The molecule has 2 heterocycles. The van der Waals surface area contributed by atoms with Crippen molar-refractivity contribution in [3.8, 4) is 5.75 Å². The van der Waals surface area contributed by atoms with Crippen molar-refractivity contribution in [3.63, 3.8) is 0 Å². The van der Waals surface area contributed by atoms with E-state index in [2.05, 4.69) is 17.1 Å². The van der Waals surface area contributed by atoms with Crippen LogP contribution in [0.1, 0.15) is 58.9 Å². The average molecular weight is 336 g/mol. The number of methoxy groups -OCH3 is 1. The molecular formula is C21H24N2O2. The van der Waals surface area contributed by atoms with E-state index in [0.29, 0.717) is 11.3 Å². The van der Waals surface area contributed by atoms with Crippen LogP contribution in [0.2, 0.25) is 0 Å². The maximum Gasteiger partial charge on any atom is 0.258 e. The molecule has 0 spiro atoms. The number of hydrogen-bond donors (Lipinski definition) is 0. The molecule has 4 nitrogen and oxygen atoms in total. The van der Waals surface area contributed by atoms with Crippen LogP contribution in [0.5, 0.6) is 5.75 Å². The van der Waals surface area contributed by atoms with Gasteiger partial charge in [0.25, 0.3) is 5.91 Å². The molecule has 0 N–H and O–H groups in total. The monoisotopic (exact) mass is 336 g/mol. The molecule has 130 valence electrons. The highest BCUT2D eigenvalue weighted by molar-refractivity contribution is 5.97. The number of pyridine rings is 1. The molecule has 1 aliphatic carbocycles. The molecule has 4 heteroatoms. The molecule has 1 saturated heterocycles. The summed E-state index contributed by atoms with van der Waals surface area (Å²) >= 11 is 0. The topological polar surface area (TPSA) is 42.4 Å². The van der Waals surface area contributed by atoms with Gasteiger partial charge in [-0.15, -0.1) is 0 Å². The number of carbonyl (C=O) groups excluding carboxylic acids is 1. The molecule has 4 rings (SSSR count). The maximum absolute atomic E-state index is 13.4. The lowest BCUT2D eigenvalue weighted by molar-refractivity contribution is 0.0602. The van der Waals surface area contributed by atoms with Crippen molar-refractivity contribution in [1.82, 2.24) is 9.88 Å². The number of aryl methyl sites for hydroxylation is 2. The van der Waals surface area contributed by atoms with Crippen LogP contribution in [0.25, 0.3) is 0 Å². The van der Waals surface area contributed by atoms with Gasteiger partial charge in [0.1, 0.15) is 5.75 Å². The molecule has 1 fully saturated rings. The Labute approximate surface area is 148 Å². The molecule has 1 atom stereocenters. The molecule has 1 aromatic carbocycles. The van der Waals surface area contributed by atoms with Gasteiger partial charge in [0.05, 0.1) is 24.4 Å². The first-order valence-corrected chi connectivity index (χ1v) is 9.19. The molecule has 1 aliphatic heterocycles. The van der Waals surface area contributed by atoms with Gasteiger partial charge in [-0.2, -0.15) is 0 Å². The maximum atomic E-state index is 13.4. The Morgan fingerprint density at radius 3 is 2.76 bits per heavy atom. The fraction of sp³-hybridized carbons (Fsp3) is 0.429. The number of amides is 1. The van der Waals surface area contributed by atoms with Gasteiger partial charge in [0, 0.05) is 12.7 Å². The number of likely N-dealkylation sites (tertiary alicyclic amines) is 1. The summed E-state index contributed by atoms with van der Waals surface area (Å²) in [5.74, 6) is 0.776. The van der Waals surface area contributed by atoms with Crippen LogP contribution in [0.4, 0.5) is 0 Å². The number of ether oxygens (including phenoxy) is 1. The van der Waals surface area contributed by atoms with E-state index in [0.717, 1.165) is 50.8 Å². The highest BCUT2D eigenvalue weighted by Gasteiger charge is 2.31. The summed E-state index contributed by atoms with van der Waals surface area (Å²) in [5, 5.41) is 0. The van der Waals surface area contributed by atoms with E-state index in [1.807, 2.05) is 29.3 Å². The van der Waals surface area contributed by atoms with Crippen molar-refractivity contribution in [1.29, 1.82) is 0 Å². The summed E-state index contributed by atoms with van der Waals surface area (Å²) in [4.78, 5) is 19.9. The first kappa shape index (κ1) is 16.1. The Hall–Kier alpha value is -2.36. The van der Waals surface area contributed by atoms with Gasteiger partial charge in [-0.05, 0) is 73.9 Å². The SMILES string of the molecule is COc1cc2c(cc1C(=O)N1CCCC[C@H]1c1ccccn1)CCC2. The number of carbonyl (C=O) groups is 1. The summed E-state index contributed by atoms with van der Waals surface area (Å²) < 4.78 is 5.56. The smallest absolute Gasteiger partial charge is 0.258 e. The van der Waals surface area contributed by atoms with Crippen molar-refractivity contribution in [2.75, 3.05) is 13.7 Å². The van der Waals surface area contributed by atoms with Crippen LogP contribution < -0.4 is 4.74 Å². The van der Waals surface area contributed by atoms with Crippen LogP contribution >= 0.6 is 0 Å². The number of hydrogen-bond acceptors (Lipinski definition) is 3. The number of benzene rings is 1. The number of rotatable bonds is 3. The van der Waals surface area contributed by atoms with Gasteiger partial charge in [-0.25, -0.2) is 0 Å². The lowest BCUT2D eigenvalue weighted by atomic mass is 9.96. The van der Waals surface area contributed by atoms with Gasteiger partial charge in [-0.3, -0.25) is 9.78 Å². The number of piperidine rings is 1. The van der Waals surface area contributed by atoms with Crippen LogP contribution in [0.15, 0.2) is 36.5 Å². The molecule has 0 saturated carbocycles. The lowest BCUT2D eigenvalue weighted by Crippen LogP contribution is -2.39. The third kappa shape index (κ3) is 3.01. The Morgan fingerprint density at radius 2 is 2.00 bits per heavy atom. The minimum atomic E-state index is 0.0559. The molecular weight excluding hydrogens is 312 g/mol. The van der Waals surface area contributed by atoms with Crippen molar-refractivity contribution >= 4 is 5.91 Å². The summed E-state index contributed by atoms with van der Waals surface area (Å²) in [7, 11) is 1.65. The molecule has 0 radical (unpaired) electrons. The largest absolute Gasteiger partial charge is 0.496 e. The van der Waals surface area contributed by atoms with E-state index in [1.54, 1.807) is 7.11 Å². The molecule has 0 bridgehead atoms. The second-order valence-corrected chi connectivity index (χ2v) is 6.94. The Kier molecular flexibility index (Phi) is 4.43. The van der Waals surface area contributed by atoms with Crippen molar-refractivity contribution in [2.24, 2.45) is 0 Å². The zero-order valence-electron chi connectivity index (χ0n) is 14.7. The first-order valence-electron chi connectivity index (χ1n) is 9.19. The summed E-state index contributed by atoms with van der Waals surface area (Å²) in [6, 6.07) is 10.1. The minimum Gasteiger partial charge on any atom is -0.496 e. The standard InChI is InChI=1S/C21H24N2O2/c1-25-20-14-16-8-6-7-15(16)13-17(20)21(24)23-12-5-3-10-19(23)18-9-2-4-11-22-18/h2,4,9,11,13-14,19H,3,5-8,10,12H2,1H3/t19-/m0/s1. The van der Waals surface area contributed by atoms with Gasteiger partial charge in [0.2, 0.25) is 0 Å². The van der Waals surface area contributed by atoms with Gasteiger partial charge in [-0.1, -0.05) is 6.07 Å². The normalized spacial score (nSPS) is 19.6. The van der Waals surface area contributed by atoms with E-state index in [4.69, 9.17) is 4.74 Å². The van der Waals surface area contributed by atoms with Crippen molar-refractivity contribution in [3.05, 3.63) is 58.9 Å². The predicted molar refractivity (Wildman–Crippen MR) is 96.9 cm³/mol. The highest BCUT2D eigenvalue weighted by Crippen LogP contribution is 2.35. The fourth-order valence-electron chi connectivity index (χ4n) is 4.15. The van der Waals surface area contributed by atoms with Crippen molar-refractivity contribution < 1.29 is 9.53 Å². The van der Waals surface area contributed by atoms with Crippen LogP contribution in [-0.2, 0) is 12.8 Å². The molecule has 0 unspecified atom stereocenters. The quantitative estimate of drug-likeness (QED) is 0.852. The lowest BCUT2D eigenvalue weighted by Gasteiger charge is -2.35. The third-order valence-electron chi connectivity index (χ3n) is 5.44. The third-order valence-corrected chi connectivity index (χ3v) is 5.44. The predicted octanol–water partition coefficient (Wildman–Crippen LogP) is 3.95. The number of aromatic nitrogens is 1. The second-order valence-electron chi connectivity index (χ2n) is 6.94. The molecule has 2 aliphatic rings. The molecule has 25 heavy (non-hydrogen) atoms.